The first-order valence-electron chi connectivity index (χ1n) is 7.52. The zero-order chi connectivity index (χ0) is 17.6. The predicted octanol–water partition coefficient (Wildman–Crippen LogP) is 4.43. The van der Waals surface area contributed by atoms with Crippen LogP contribution < -0.4 is 5.43 Å². The Hall–Kier alpha value is -2.92. The fourth-order valence-corrected chi connectivity index (χ4v) is 2.31. The normalized spacial score (nSPS) is 11.0. The maximum atomic E-state index is 12.8. The number of amides is 1. The Labute approximate surface area is 148 Å². The first-order valence-corrected chi connectivity index (χ1v) is 7.90. The molecule has 2 aromatic carbocycles. The molecule has 0 aliphatic rings. The first kappa shape index (κ1) is 16.9. The van der Waals surface area contributed by atoms with E-state index in [1.54, 1.807) is 30.3 Å². The third kappa shape index (κ3) is 4.78. The number of benzene rings is 2. The Bertz CT molecular complexity index is 887. The summed E-state index contributed by atoms with van der Waals surface area (Å²) in [5.74, 6) is 0.548. The van der Waals surface area contributed by atoms with Crippen LogP contribution in [0.1, 0.15) is 11.3 Å². The van der Waals surface area contributed by atoms with Gasteiger partial charge in [0.1, 0.15) is 17.3 Å². The van der Waals surface area contributed by atoms with E-state index < -0.39 is 0 Å². The third-order valence-corrected chi connectivity index (χ3v) is 3.67. The SMILES string of the molecule is O=C(Cc1ccc(F)cc1)N/N=C\c1ccc(-c2ccc(Cl)cc2)o1. The molecule has 25 heavy (non-hydrogen) atoms. The molecule has 0 spiro atoms. The summed E-state index contributed by atoms with van der Waals surface area (Å²) in [7, 11) is 0. The molecular formula is C19H14ClFN2O2. The highest BCUT2D eigenvalue weighted by Crippen LogP contribution is 2.23. The number of hydrogen-bond donors (Lipinski definition) is 1. The summed E-state index contributed by atoms with van der Waals surface area (Å²) in [6, 6.07) is 16.6. The molecule has 0 aliphatic heterocycles. The van der Waals surface area contributed by atoms with Gasteiger partial charge in [0.05, 0.1) is 12.6 Å². The number of carbonyl (C=O) groups is 1. The molecule has 1 N–H and O–H groups in total. The lowest BCUT2D eigenvalue weighted by Crippen LogP contribution is -2.19. The van der Waals surface area contributed by atoms with Crippen LogP contribution >= 0.6 is 11.6 Å². The minimum absolute atomic E-state index is 0.117. The van der Waals surface area contributed by atoms with Gasteiger partial charge in [-0.1, -0.05) is 23.7 Å². The van der Waals surface area contributed by atoms with Gasteiger partial charge in [-0.2, -0.15) is 5.10 Å². The largest absolute Gasteiger partial charge is 0.455 e. The van der Waals surface area contributed by atoms with Crippen LogP contribution in [0.5, 0.6) is 0 Å². The van der Waals surface area contributed by atoms with E-state index in [9.17, 15) is 9.18 Å². The molecule has 0 atom stereocenters. The quantitative estimate of drug-likeness (QED) is 0.543. The van der Waals surface area contributed by atoms with E-state index in [1.807, 2.05) is 18.2 Å². The molecule has 0 saturated heterocycles. The van der Waals surface area contributed by atoms with Gasteiger partial charge in [0.15, 0.2) is 0 Å². The van der Waals surface area contributed by atoms with Gasteiger partial charge in [-0.15, -0.1) is 0 Å². The molecule has 1 heterocycles. The van der Waals surface area contributed by atoms with Crippen molar-refractivity contribution in [2.24, 2.45) is 5.10 Å². The van der Waals surface area contributed by atoms with E-state index in [-0.39, 0.29) is 18.1 Å². The zero-order valence-electron chi connectivity index (χ0n) is 13.1. The van der Waals surface area contributed by atoms with Gasteiger partial charge in [-0.25, -0.2) is 9.82 Å². The Balaban J connectivity index is 1.56. The second-order valence-corrected chi connectivity index (χ2v) is 5.74. The molecule has 3 aromatic rings. The molecule has 0 radical (unpaired) electrons. The standard InChI is InChI=1S/C19H14ClFN2O2/c20-15-5-3-14(4-6-15)18-10-9-17(25-18)12-22-23-19(24)11-13-1-7-16(21)8-2-13/h1-10,12H,11H2,(H,23,24)/b22-12-. The van der Waals surface area contributed by atoms with E-state index in [4.69, 9.17) is 16.0 Å². The maximum Gasteiger partial charge on any atom is 0.244 e. The monoisotopic (exact) mass is 356 g/mol. The van der Waals surface area contributed by atoms with Gasteiger partial charge < -0.3 is 4.42 Å². The van der Waals surface area contributed by atoms with Crippen LogP contribution in [0, 0.1) is 5.82 Å². The van der Waals surface area contributed by atoms with Crippen LogP contribution in [0.3, 0.4) is 0 Å². The number of nitrogens with zero attached hydrogens (tertiary/aromatic N) is 1. The zero-order valence-corrected chi connectivity index (χ0v) is 13.8. The van der Waals surface area contributed by atoms with Gasteiger partial charge in [-0.3, -0.25) is 4.79 Å². The highest BCUT2D eigenvalue weighted by atomic mass is 35.5. The van der Waals surface area contributed by atoms with Crippen molar-refractivity contribution in [2.45, 2.75) is 6.42 Å². The Morgan fingerprint density at radius 3 is 2.52 bits per heavy atom. The van der Waals surface area contributed by atoms with Crippen molar-refractivity contribution in [1.29, 1.82) is 0 Å². The van der Waals surface area contributed by atoms with Crippen molar-refractivity contribution in [1.82, 2.24) is 5.43 Å². The van der Waals surface area contributed by atoms with Gasteiger partial charge in [0.25, 0.3) is 0 Å². The number of rotatable bonds is 5. The molecule has 0 unspecified atom stereocenters. The molecule has 4 nitrogen and oxygen atoms in total. The average molecular weight is 357 g/mol. The number of hydrogen-bond acceptors (Lipinski definition) is 3. The van der Waals surface area contributed by atoms with E-state index in [0.29, 0.717) is 22.1 Å². The Morgan fingerprint density at radius 1 is 1.08 bits per heavy atom. The predicted molar refractivity (Wildman–Crippen MR) is 95.0 cm³/mol. The van der Waals surface area contributed by atoms with Crippen LogP contribution in [0.2, 0.25) is 5.02 Å². The van der Waals surface area contributed by atoms with E-state index in [1.165, 1.54) is 18.3 Å². The van der Waals surface area contributed by atoms with Crippen LogP contribution in [0.25, 0.3) is 11.3 Å². The van der Waals surface area contributed by atoms with Crippen molar-refractivity contribution in [3.8, 4) is 11.3 Å². The number of carbonyl (C=O) groups excluding carboxylic acids is 1. The lowest BCUT2D eigenvalue weighted by atomic mass is 10.1. The Morgan fingerprint density at radius 2 is 1.80 bits per heavy atom. The number of furan rings is 1. The van der Waals surface area contributed by atoms with Crippen LogP contribution in [-0.4, -0.2) is 12.1 Å². The molecule has 126 valence electrons. The van der Waals surface area contributed by atoms with Gasteiger partial charge in [0.2, 0.25) is 5.91 Å². The van der Waals surface area contributed by atoms with Crippen molar-refractivity contribution >= 4 is 23.7 Å². The Kier molecular flexibility index (Phi) is 5.26. The molecule has 3 rings (SSSR count). The second kappa shape index (κ2) is 7.77. The fourth-order valence-electron chi connectivity index (χ4n) is 2.19. The van der Waals surface area contributed by atoms with Crippen molar-refractivity contribution < 1.29 is 13.6 Å². The van der Waals surface area contributed by atoms with Crippen molar-refractivity contribution in [3.05, 3.63) is 82.8 Å². The summed E-state index contributed by atoms with van der Waals surface area (Å²) >= 11 is 5.86. The summed E-state index contributed by atoms with van der Waals surface area (Å²) in [6.45, 7) is 0. The van der Waals surface area contributed by atoms with Crippen LogP contribution in [0.15, 0.2) is 70.2 Å². The minimum Gasteiger partial charge on any atom is -0.455 e. The molecular weight excluding hydrogens is 343 g/mol. The molecule has 0 saturated carbocycles. The van der Waals surface area contributed by atoms with E-state index >= 15 is 0 Å². The molecule has 0 bridgehead atoms. The fraction of sp³-hybridized carbons (Fsp3) is 0.0526. The van der Waals surface area contributed by atoms with E-state index in [0.717, 1.165) is 5.56 Å². The van der Waals surface area contributed by atoms with Gasteiger partial charge in [0, 0.05) is 10.6 Å². The van der Waals surface area contributed by atoms with Gasteiger partial charge >= 0.3 is 0 Å². The summed E-state index contributed by atoms with van der Waals surface area (Å²) in [6.07, 6.45) is 1.54. The van der Waals surface area contributed by atoms with Crippen LogP contribution in [-0.2, 0) is 11.2 Å². The highest BCUT2D eigenvalue weighted by Gasteiger charge is 2.04. The summed E-state index contributed by atoms with van der Waals surface area (Å²) in [5, 5.41) is 4.52. The highest BCUT2D eigenvalue weighted by molar-refractivity contribution is 6.30. The molecule has 1 aromatic heterocycles. The third-order valence-electron chi connectivity index (χ3n) is 3.41. The van der Waals surface area contributed by atoms with Gasteiger partial charge in [-0.05, 0) is 54.1 Å². The molecule has 1 amide bonds. The molecule has 0 fully saturated rings. The van der Waals surface area contributed by atoms with E-state index in [2.05, 4.69) is 10.5 Å². The van der Waals surface area contributed by atoms with Crippen molar-refractivity contribution in [2.75, 3.05) is 0 Å². The molecule has 6 heteroatoms. The average Bonchev–Trinajstić information content (AvgIpc) is 3.06. The topological polar surface area (TPSA) is 54.6 Å². The number of nitrogens with one attached hydrogen (secondary N) is 1. The summed E-state index contributed by atoms with van der Waals surface area (Å²) in [4.78, 5) is 11.8. The lowest BCUT2D eigenvalue weighted by Gasteiger charge is -2.00. The summed E-state index contributed by atoms with van der Waals surface area (Å²) in [5.41, 5.74) is 4.01. The molecule has 0 aliphatic carbocycles. The smallest absolute Gasteiger partial charge is 0.244 e. The van der Waals surface area contributed by atoms with Crippen molar-refractivity contribution in [3.63, 3.8) is 0 Å². The number of hydrazone groups is 1. The maximum absolute atomic E-state index is 12.8. The van der Waals surface area contributed by atoms with Crippen LogP contribution in [0.4, 0.5) is 4.39 Å². The lowest BCUT2D eigenvalue weighted by molar-refractivity contribution is -0.120. The first-order chi connectivity index (χ1) is 12.1. The summed E-state index contributed by atoms with van der Waals surface area (Å²) < 4.78 is 18.5. The second-order valence-electron chi connectivity index (χ2n) is 5.31. The minimum atomic E-state index is -0.337. The number of halogens is 2.